The molecule has 2 atom stereocenters. The van der Waals surface area contributed by atoms with Crippen LogP contribution in [0.1, 0.15) is 42.9 Å². The van der Waals surface area contributed by atoms with E-state index in [-0.39, 0.29) is 34.4 Å². The normalized spacial score (nSPS) is 25.0. The first-order valence-corrected chi connectivity index (χ1v) is 13.4. The van der Waals surface area contributed by atoms with Gasteiger partial charge < -0.3 is 14.7 Å². The molecule has 3 saturated heterocycles. The van der Waals surface area contributed by atoms with E-state index < -0.39 is 27.8 Å². The SMILES string of the molecule is O=C1C(=O)N(CC2CCCO2)C(c2ccccc2)/C1=C(/O)c1ccc(S(=O)(=O)N2CCCC2)cc1. The van der Waals surface area contributed by atoms with Crippen LogP contribution in [0.2, 0.25) is 0 Å². The van der Waals surface area contributed by atoms with Crippen LogP contribution in [-0.4, -0.2) is 66.8 Å². The quantitative estimate of drug-likeness (QED) is 0.375. The number of benzene rings is 2. The largest absolute Gasteiger partial charge is 0.507 e. The molecule has 3 fully saturated rings. The minimum absolute atomic E-state index is 0.00523. The van der Waals surface area contributed by atoms with Crippen LogP contribution in [0.4, 0.5) is 0 Å². The number of carbonyl (C=O) groups excluding carboxylic acids is 2. The number of likely N-dealkylation sites (tertiary alicyclic amines) is 1. The van der Waals surface area contributed by atoms with E-state index >= 15 is 0 Å². The van der Waals surface area contributed by atoms with Gasteiger partial charge in [-0.2, -0.15) is 4.31 Å². The summed E-state index contributed by atoms with van der Waals surface area (Å²) in [7, 11) is -3.60. The Kier molecular flexibility index (Phi) is 6.48. The van der Waals surface area contributed by atoms with Crippen LogP contribution < -0.4 is 0 Å². The van der Waals surface area contributed by atoms with Crippen molar-refractivity contribution in [2.24, 2.45) is 0 Å². The number of hydrogen-bond acceptors (Lipinski definition) is 6. The number of amides is 1. The van der Waals surface area contributed by atoms with Gasteiger partial charge in [-0.25, -0.2) is 8.42 Å². The maximum Gasteiger partial charge on any atom is 0.295 e. The monoisotopic (exact) mass is 496 g/mol. The molecular formula is C26H28N2O6S. The summed E-state index contributed by atoms with van der Waals surface area (Å²) in [6.07, 6.45) is 3.22. The van der Waals surface area contributed by atoms with Gasteiger partial charge in [0.15, 0.2) is 0 Å². The maximum absolute atomic E-state index is 13.1. The fourth-order valence-electron chi connectivity index (χ4n) is 5.08. The molecule has 0 saturated carbocycles. The van der Waals surface area contributed by atoms with Gasteiger partial charge in [-0.15, -0.1) is 0 Å². The average Bonchev–Trinajstić information content (AvgIpc) is 3.64. The van der Waals surface area contributed by atoms with Crippen LogP contribution in [-0.2, 0) is 24.3 Å². The molecule has 9 heteroatoms. The van der Waals surface area contributed by atoms with E-state index in [0.717, 1.165) is 25.7 Å². The summed E-state index contributed by atoms with van der Waals surface area (Å²) in [6.45, 7) is 1.87. The highest BCUT2D eigenvalue weighted by molar-refractivity contribution is 7.89. The Morgan fingerprint density at radius 3 is 2.29 bits per heavy atom. The zero-order valence-electron chi connectivity index (χ0n) is 19.3. The zero-order valence-corrected chi connectivity index (χ0v) is 20.1. The van der Waals surface area contributed by atoms with E-state index in [1.54, 1.807) is 0 Å². The molecule has 3 aliphatic rings. The van der Waals surface area contributed by atoms with Crippen LogP contribution in [0.15, 0.2) is 65.1 Å². The maximum atomic E-state index is 13.1. The first-order chi connectivity index (χ1) is 16.9. The summed E-state index contributed by atoms with van der Waals surface area (Å²) in [5, 5.41) is 11.2. The molecule has 3 aliphatic heterocycles. The molecule has 8 nitrogen and oxygen atoms in total. The molecule has 2 aromatic carbocycles. The van der Waals surface area contributed by atoms with Crippen molar-refractivity contribution in [1.82, 2.24) is 9.21 Å². The van der Waals surface area contributed by atoms with Crippen molar-refractivity contribution >= 4 is 27.5 Å². The van der Waals surface area contributed by atoms with Crippen molar-refractivity contribution < 1.29 is 27.9 Å². The number of aliphatic hydroxyl groups is 1. The van der Waals surface area contributed by atoms with Crippen molar-refractivity contribution in [3.63, 3.8) is 0 Å². The lowest BCUT2D eigenvalue weighted by atomic mass is 9.95. The van der Waals surface area contributed by atoms with Crippen LogP contribution in [0.25, 0.3) is 5.76 Å². The Morgan fingerprint density at radius 2 is 1.66 bits per heavy atom. The molecule has 0 bridgehead atoms. The van der Waals surface area contributed by atoms with Crippen LogP contribution in [0.5, 0.6) is 0 Å². The highest BCUT2D eigenvalue weighted by Gasteiger charge is 2.47. The van der Waals surface area contributed by atoms with Crippen molar-refractivity contribution in [3.05, 3.63) is 71.3 Å². The second-order valence-electron chi connectivity index (χ2n) is 9.13. The molecule has 184 valence electrons. The predicted octanol–water partition coefficient (Wildman–Crippen LogP) is 3.07. The summed E-state index contributed by atoms with van der Waals surface area (Å²) in [6, 6.07) is 14.2. The molecular weight excluding hydrogens is 468 g/mol. The van der Waals surface area contributed by atoms with Crippen LogP contribution in [0.3, 0.4) is 0 Å². The molecule has 35 heavy (non-hydrogen) atoms. The van der Waals surface area contributed by atoms with Gasteiger partial charge in [0.05, 0.1) is 22.6 Å². The second-order valence-corrected chi connectivity index (χ2v) is 11.1. The molecule has 2 aromatic rings. The number of hydrogen-bond donors (Lipinski definition) is 1. The molecule has 1 N–H and O–H groups in total. The van der Waals surface area contributed by atoms with Crippen LogP contribution >= 0.6 is 0 Å². The Hall–Kier alpha value is -3.01. The first-order valence-electron chi connectivity index (χ1n) is 11.9. The van der Waals surface area contributed by atoms with Gasteiger partial charge >= 0.3 is 0 Å². The summed E-state index contributed by atoms with van der Waals surface area (Å²) in [5.74, 6) is -1.76. The van der Waals surface area contributed by atoms with Crippen LogP contribution in [0, 0.1) is 0 Å². The van der Waals surface area contributed by atoms with E-state index in [0.29, 0.717) is 25.3 Å². The number of rotatable bonds is 6. The number of ketones is 1. The van der Waals surface area contributed by atoms with Crippen molar-refractivity contribution in [3.8, 4) is 0 Å². The highest BCUT2D eigenvalue weighted by Crippen LogP contribution is 2.40. The minimum Gasteiger partial charge on any atom is -0.507 e. The third kappa shape index (κ3) is 4.39. The lowest BCUT2D eigenvalue weighted by Crippen LogP contribution is -2.36. The Morgan fingerprint density at radius 1 is 0.971 bits per heavy atom. The lowest BCUT2D eigenvalue weighted by Gasteiger charge is -2.27. The molecule has 0 spiro atoms. The van der Waals surface area contributed by atoms with Gasteiger partial charge in [-0.05, 0) is 55.5 Å². The zero-order chi connectivity index (χ0) is 24.6. The Labute approximate surface area is 204 Å². The second kappa shape index (κ2) is 9.56. The van der Waals surface area contributed by atoms with E-state index in [9.17, 15) is 23.1 Å². The predicted molar refractivity (Wildman–Crippen MR) is 129 cm³/mol. The summed E-state index contributed by atoms with van der Waals surface area (Å²) in [5.41, 5.74) is 0.982. The van der Waals surface area contributed by atoms with E-state index in [1.807, 2.05) is 30.3 Å². The summed E-state index contributed by atoms with van der Waals surface area (Å²) >= 11 is 0. The molecule has 5 rings (SSSR count). The summed E-state index contributed by atoms with van der Waals surface area (Å²) in [4.78, 5) is 27.8. The Balaban J connectivity index is 1.52. The fraction of sp³-hybridized carbons (Fsp3) is 0.385. The van der Waals surface area contributed by atoms with Crippen molar-refractivity contribution in [2.75, 3.05) is 26.2 Å². The van der Waals surface area contributed by atoms with Gasteiger partial charge in [-0.1, -0.05) is 30.3 Å². The number of Topliss-reactive ketones (excluding diaryl/α,β-unsaturated/α-hetero) is 1. The van der Waals surface area contributed by atoms with Gasteiger partial charge in [0.2, 0.25) is 10.0 Å². The topological polar surface area (TPSA) is 104 Å². The minimum atomic E-state index is -3.60. The van der Waals surface area contributed by atoms with Gasteiger partial charge in [0.25, 0.3) is 11.7 Å². The van der Waals surface area contributed by atoms with Gasteiger partial charge in [0, 0.05) is 31.8 Å². The average molecular weight is 497 g/mol. The highest BCUT2D eigenvalue weighted by atomic mass is 32.2. The molecule has 1 amide bonds. The van der Waals surface area contributed by atoms with E-state index in [4.69, 9.17) is 4.74 Å². The van der Waals surface area contributed by atoms with Crippen molar-refractivity contribution in [2.45, 2.75) is 42.7 Å². The number of carbonyl (C=O) groups is 2. The number of sulfonamides is 1. The first kappa shape index (κ1) is 23.7. The third-order valence-electron chi connectivity index (χ3n) is 6.91. The molecule has 0 aromatic heterocycles. The lowest BCUT2D eigenvalue weighted by molar-refractivity contribution is -0.140. The van der Waals surface area contributed by atoms with Gasteiger partial charge in [-0.3, -0.25) is 9.59 Å². The number of aliphatic hydroxyl groups excluding tert-OH is 1. The standard InChI is InChI=1S/C26H28N2O6S/c29-24(19-10-12-21(13-11-19)35(32,33)27-14-4-5-15-27)22-23(18-7-2-1-3-8-18)28(26(31)25(22)30)17-20-9-6-16-34-20/h1-3,7-8,10-13,20,23,29H,4-6,9,14-17H2/b24-22-. The number of ether oxygens (including phenoxy) is 1. The molecule has 0 aliphatic carbocycles. The molecule has 3 heterocycles. The molecule has 0 radical (unpaired) electrons. The fourth-order valence-corrected chi connectivity index (χ4v) is 6.59. The van der Waals surface area contributed by atoms with E-state index in [1.165, 1.54) is 33.5 Å². The molecule has 2 unspecified atom stereocenters. The third-order valence-corrected chi connectivity index (χ3v) is 8.82. The summed E-state index contributed by atoms with van der Waals surface area (Å²) < 4.78 is 32.8. The smallest absolute Gasteiger partial charge is 0.295 e. The number of nitrogens with zero attached hydrogens (tertiary/aromatic N) is 2. The Bertz CT molecular complexity index is 1240. The van der Waals surface area contributed by atoms with E-state index in [2.05, 4.69) is 0 Å². The van der Waals surface area contributed by atoms with Gasteiger partial charge in [0.1, 0.15) is 5.76 Å². The van der Waals surface area contributed by atoms with Crippen molar-refractivity contribution in [1.29, 1.82) is 0 Å².